The van der Waals surface area contributed by atoms with Crippen molar-refractivity contribution < 1.29 is 13.2 Å². The Balaban J connectivity index is 1.50. The maximum atomic E-state index is 13.2. The highest BCUT2D eigenvalue weighted by molar-refractivity contribution is 7.91. The zero-order chi connectivity index (χ0) is 19.4. The van der Waals surface area contributed by atoms with Gasteiger partial charge in [-0.3, -0.25) is 4.79 Å². The molecule has 1 amide bonds. The summed E-state index contributed by atoms with van der Waals surface area (Å²) in [5.74, 6) is 2.33. The molecule has 0 heterocycles. The first-order chi connectivity index (χ1) is 12.6. The number of hydrogen-bond acceptors (Lipinski definition) is 3. The van der Waals surface area contributed by atoms with Gasteiger partial charge in [-0.1, -0.05) is 12.1 Å². The molecule has 0 aromatic heterocycles. The summed E-state index contributed by atoms with van der Waals surface area (Å²) in [6, 6.07) is 7.35. The number of benzene rings is 1. The monoisotopic (exact) mass is 389 g/mol. The second-order valence-electron chi connectivity index (χ2n) is 10.2. The number of anilines is 1. The van der Waals surface area contributed by atoms with E-state index in [0.29, 0.717) is 0 Å². The molecule has 27 heavy (non-hydrogen) atoms. The molecule has 4 saturated carbocycles. The molecule has 1 N–H and O–H groups in total. The van der Waals surface area contributed by atoms with Gasteiger partial charge >= 0.3 is 0 Å². The van der Waals surface area contributed by atoms with Gasteiger partial charge in [-0.05, 0) is 94.7 Å². The quantitative estimate of drug-likeness (QED) is 0.821. The van der Waals surface area contributed by atoms with Crippen LogP contribution in [0.1, 0.15) is 64.9 Å². The third kappa shape index (κ3) is 3.55. The summed E-state index contributed by atoms with van der Waals surface area (Å²) < 4.78 is 24.2. The molecule has 4 aliphatic carbocycles. The molecule has 1 aromatic carbocycles. The number of amides is 1. The molecule has 5 rings (SSSR count). The molecule has 4 fully saturated rings. The normalized spacial score (nSPS) is 32.5. The van der Waals surface area contributed by atoms with E-state index in [1.165, 1.54) is 19.3 Å². The average molecular weight is 390 g/mol. The molecule has 0 unspecified atom stereocenters. The fourth-order valence-electron chi connectivity index (χ4n) is 5.83. The number of hydrogen-bond donors (Lipinski definition) is 1. The second kappa shape index (κ2) is 6.33. The molecule has 0 saturated heterocycles. The summed E-state index contributed by atoms with van der Waals surface area (Å²) in [4.78, 5) is 13.2. The maximum absolute atomic E-state index is 13.2. The van der Waals surface area contributed by atoms with Crippen LogP contribution in [-0.4, -0.2) is 19.1 Å². The highest BCUT2D eigenvalue weighted by Gasteiger charge is 2.54. The van der Waals surface area contributed by atoms with Crippen molar-refractivity contribution in [2.45, 2.75) is 69.8 Å². The van der Waals surface area contributed by atoms with Crippen molar-refractivity contribution in [1.29, 1.82) is 0 Å². The lowest BCUT2D eigenvalue weighted by Gasteiger charge is -2.55. The van der Waals surface area contributed by atoms with E-state index >= 15 is 0 Å². The summed E-state index contributed by atoms with van der Waals surface area (Å²) in [7, 11) is -3.25. The van der Waals surface area contributed by atoms with Crippen LogP contribution in [0.15, 0.2) is 24.3 Å². The Labute approximate surface area is 163 Å². The number of sulfone groups is 1. The van der Waals surface area contributed by atoms with E-state index < -0.39 is 14.6 Å². The van der Waals surface area contributed by atoms with Crippen molar-refractivity contribution in [2.24, 2.45) is 23.2 Å². The Morgan fingerprint density at radius 3 is 2.15 bits per heavy atom. The fourth-order valence-corrected chi connectivity index (χ4v) is 6.88. The lowest BCUT2D eigenvalue weighted by Crippen LogP contribution is -2.51. The number of carbonyl (C=O) groups excluding carboxylic acids is 1. The Hall–Kier alpha value is -1.36. The Morgan fingerprint density at radius 2 is 1.63 bits per heavy atom. The molecule has 0 spiro atoms. The van der Waals surface area contributed by atoms with Gasteiger partial charge in [0, 0.05) is 5.69 Å². The van der Waals surface area contributed by atoms with E-state index in [0.717, 1.165) is 48.3 Å². The minimum absolute atomic E-state index is 0.00241. The van der Waals surface area contributed by atoms with Gasteiger partial charge in [0.05, 0.1) is 15.9 Å². The lowest BCUT2D eigenvalue weighted by atomic mass is 9.49. The van der Waals surface area contributed by atoms with Crippen molar-refractivity contribution in [1.82, 2.24) is 0 Å². The van der Waals surface area contributed by atoms with Crippen molar-refractivity contribution >= 4 is 21.4 Å². The van der Waals surface area contributed by atoms with Crippen molar-refractivity contribution in [2.75, 3.05) is 5.32 Å². The Bertz CT molecular complexity index is 815. The zero-order valence-corrected chi connectivity index (χ0v) is 17.4. The standard InChI is InChI=1S/C22H31NO3S/c1-21(2,3)27(25,26)14-15-5-4-6-19(10-15)23-20(24)22-11-16-7-17(12-22)9-18(8-16)13-22/h4-6,10,16-18H,7-9,11-14H2,1-3H3,(H,23,24). The smallest absolute Gasteiger partial charge is 0.230 e. The van der Waals surface area contributed by atoms with Crippen LogP contribution < -0.4 is 5.32 Å². The highest BCUT2D eigenvalue weighted by Crippen LogP contribution is 2.60. The number of nitrogens with one attached hydrogen (secondary N) is 1. The van der Waals surface area contributed by atoms with E-state index in [-0.39, 0.29) is 17.1 Å². The van der Waals surface area contributed by atoms with E-state index in [1.807, 2.05) is 24.3 Å². The summed E-state index contributed by atoms with van der Waals surface area (Å²) in [6.45, 7) is 5.17. The van der Waals surface area contributed by atoms with Crippen LogP contribution in [0.3, 0.4) is 0 Å². The predicted octanol–water partition coefficient (Wildman–Crippen LogP) is 4.55. The van der Waals surface area contributed by atoms with Crippen molar-refractivity contribution in [3.8, 4) is 0 Å². The van der Waals surface area contributed by atoms with Crippen LogP contribution in [0.2, 0.25) is 0 Å². The van der Waals surface area contributed by atoms with Gasteiger partial charge in [0.25, 0.3) is 0 Å². The number of rotatable bonds is 4. The van der Waals surface area contributed by atoms with Gasteiger partial charge < -0.3 is 5.32 Å². The zero-order valence-electron chi connectivity index (χ0n) is 16.6. The third-order valence-electron chi connectivity index (χ3n) is 6.99. The SMILES string of the molecule is CC(C)(C)S(=O)(=O)Cc1cccc(NC(=O)C23CC4CC(CC(C4)C2)C3)c1. The Morgan fingerprint density at radius 1 is 1.07 bits per heavy atom. The second-order valence-corrected chi connectivity index (χ2v) is 13.0. The first-order valence-electron chi connectivity index (χ1n) is 10.2. The molecular formula is C22H31NO3S. The molecule has 0 atom stereocenters. The van der Waals surface area contributed by atoms with E-state index in [1.54, 1.807) is 20.8 Å². The topological polar surface area (TPSA) is 63.2 Å². The van der Waals surface area contributed by atoms with E-state index in [2.05, 4.69) is 5.32 Å². The van der Waals surface area contributed by atoms with Gasteiger partial charge in [-0.25, -0.2) is 8.42 Å². The van der Waals surface area contributed by atoms with Crippen LogP contribution in [0.25, 0.3) is 0 Å². The molecule has 4 aliphatic rings. The van der Waals surface area contributed by atoms with Gasteiger partial charge in [0.1, 0.15) is 0 Å². The van der Waals surface area contributed by atoms with Gasteiger partial charge in [-0.2, -0.15) is 0 Å². The van der Waals surface area contributed by atoms with Gasteiger partial charge in [0.15, 0.2) is 9.84 Å². The first kappa shape index (κ1) is 19.0. The summed E-state index contributed by atoms with van der Waals surface area (Å²) in [5, 5.41) is 3.13. The fraction of sp³-hybridized carbons (Fsp3) is 0.682. The van der Waals surface area contributed by atoms with Gasteiger partial charge in [0.2, 0.25) is 5.91 Å². The minimum Gasteiger partial charge on any atom is -0.326 e. The summed E-state index contributed by atoms with van der Waals surface area (Å²) in [5.41, 5.74) is 1.26. The van der Waals surface area contributed by atoms with Crippen LogP contribution in [0.5, 0.6) is 0 Å². The molecule has 0 radical (unpaired) electrons. The molecular weight excluding hydrogens is 358 g/mol. The number of carbonyl (C=O) groups is 1. The maximum Gasteiger partial charge on any atom is 0.230 e. The predicted molar refractivity (Wildman–Crippen MR) is 108 cm³/mol. The minimum atomic E-state index is -3.25. The molecule has 148 valence electrons. The largest absolute Gasteiger partial charge is 0.326 e. The summed E-state index contributed by atoms with van der Waals surface area (Å²) >= 11 is 0. The van der Waals surface area contributed by atoms with E-state index in [9.17, 15) is 13.2 Å². The summed E-state index contributed by atoms with van der Waals surface area (Å²) in [6.07, 6.45) is 7.03. The molecule has 4 nitrogen and oxygen atoms in total. The molecule has 1 aromatic rings. The van der Waals surface area contributed by atoms with Crippen LogP contribution in [0.4, 0.5) is 5.69 Å². The molecule has 0 aliphatic heterocycles. The van der Waals surface area contributed by atoms with Crippen LogP contribution >= 0.6 is 0 Å². The van der Waals surface area contributed by atoms with Crippen LogP contribution in [0, 0.1) is 23.2 Å². The lowest BCUT2D eigenvalue weighted by molar-refractivity contribution is -0.140. The first-order valence-corrected chi connectivity index (χ1v) is 11.8. The Kier molecular flexibility index (Phi) is 4.45. The van der Waals surface area contributed by atoms with Crippen molar-refractivity contribution in [3.63, 3.8) is 0 Å². The molecule has 5 heteroatoms. The highest BCUT2D eigenvalue weighted by atomic mass is 32.2. The molecule has 4 bridgehead atoms. The third-order valence-corrected chi connectivity index (χ3v) is 9.57. The van der Waals surface area contributed by atoms with Gasteiger partial charge in [-0.15, -0.1) is 0 Å². The average Bonchev–Trinajstić information content (AvgIpc) is 2.52. The van der Waals surface area contributed by atoms with E-state index in [4.69, 9.17) is 0 Å². The van der Waals surface area contributed by atoms with Crippen molar-refractivity contribution in [3.05, 3.63) is 29.8 Å². The van der Waals surface area contributed by atoms with Crippen LogP contribution in [-0.2, 0) is 20.4 Å².